The van der Waals surface area contributed by atoms with Crippen LogP contribution >= 0.6 is 22.7 Å². The van der Waals surface area contributed by atoms with Gasteiger partial charge >= 0.3 is 6.18 Å². The van der Waals surface area contributed by atoms with Crippen LogP contribution in [0.3, 0.4) is 0 Å². The Kier molecular flexibility index (Phi) is 6.83. The summed E-state index contributed by atoms with van der Waals surface area (Å²) in [7, 11) is 3.50. The molecule has 1 amide bonds. The number of alkyl halides is 3. The van der Waals surface area contributed by atoms with E-state index >= 15 is 0 Å². The third kappa shape index (κ3) is 5.35. The molecule has 0 unspecified atom stereocenters. The Bertz CT molecular complexity index is 1350. The van der Waals surface area contributed by atoms with E-state index in [1.54, 1.807) is 25.1 Å². The standard InChI is InChI=1S/C24H20F3N3O2S2/c1-30(2)13-20(32)29-21-16-8-9-17(19-7-4-10-33-19)28-23(16)34-22(21)18(31)12-14-5-3-6-15(11-14)24(25,26)27/h3-11H,12-13H2,1-2H3,(H,29,32). The van der Waals surface area contributed by atoms with Crippen molar-refractivity contribution in [1.82, 2.24) is 9.88 Å². The highest BCUT2D eigenvalue weighted by molar-refractivity contribution is 7.21. The van der Waals surface area contributed by atoms with Crippen molar-refractivity contribution in [3.05, 3.63) is 69.9 Å². The Hall–Kier alpha value is -3.08. The number of thiophene rings is 2. The molecule has 0 fully saturated rings. The zero-order chi connectivity index (χ0) is 24.5. The molecule has 0 aliphatic carbocycles. The number of hydrogen-bond donors (Lipinski definition) is 1. The fourth-order valence-electron chi connectivity index (χ4n) is 3.45. The van der Waals surface area contributed by atoms with Gasteiger partial charge in [-0.3, -0.25) is 9.59 Å². The van der Waals surface area contributed by atoms with E-state index < -0.39 is 11.7 Å². The maximum atomic E-state index is 13.2. The predicted octanol–water partition coefficient (Wildman–Crippen LogP) is 5.97. The van der Waals surface area contributed by atoms with Crippen LogP contribution in [0.5, 0.6) is 0 Å². The molecule has 0 saturated heterocycles. The summed E-state index contributed by atoms with van der Waals surface area (Å²) < 4.78 is 39.3. The Morgan fingerprint density at radius 3 is 2.56 bits per heavy atom. The van der Waals surface area contributed by atoms with Crippen LogP contribution in [0.1, 0.15) is 20.8 Å². The number of likely N-dealkylation sites (N-methyl/N-ethyl adjacent to an activating group) is 1. The predicted molar refractivity (Wildman–Crippen MR) is 130 cm³/mol. The van der Waals surface area contributed by atoms with Crippen LogP contribution in [0, 0.1) is 0 Å². The van der Waals surface area contributed by atoms with Crippen molar-refractivity contribution in [3.63, 3.8) is 0 Å². The zero-order valence-electron chi connectivity index (χ0n) is 18.3. The van der Waals surface area contributed by atoms with Gasteiger partial charge < -0.3 is 10.2 Å². The van der Waals surface area contributed by atoms with E-state index in [0.29, 0.717) is 15.9 Å². The fourth-order valence-corrected chi connectivity index (χ4v) is 5.21. The maximum Gasteiger partial charge on any atom is 0.416 e. The number of benzene rings is 1. The number of halogens is 3. The number of aromatic nitrogens is 1. The van der Waals surface area contributed by atoms with Gasteiger partial charge in [0.2, 0.25) is 5.91 Å². The van der Waals surface area contributed by atoms with Gasteiger partial charge in [-0.05, 0) is 49.3 Å². The molecule has 1 N–H and O–H groups in total. The number of anilines is 1. The molecule has 0 spiro atoms. The van der Waals surface area contributed by atoms with E-state index in [9.17, 15) is 22.8 Å². The highest BCUT2D eigenvalue weighted by atomic mass is 32.1. The third-order valence-corrected chi connectivity index (χ3v) is 6.96. The summed E-state index contributed by atoms with van der Waals surface area (Å²) in [6, 6.07) is 12.2. The molecule has 0 atom stereocenters. The molecule has 176 valence electrons. The Labute approximate surface area is 201 Å². The van der Waals surface area contributed by atoms with Crippen molar-refractivity contribution in [2.45, 2.75) is 12.6 Å². The minimum absolute atomic E-state index is 0.110. The van der Waals surface area contributed by atoms with Crippen LogP contribution in [-0.2, 0) is 17.4 Å². The molecule has 0 bridgehead atoms. The molecule has 0 aliphatic heterocycles. The number of fused-ring (bicyclic) bond motifs is 1. The summed E-state index contributed by atoms with van der Waals surface area (Å²) in [4.78, 5) is 33.9. The van der Waals surface area contributed by atoms with Gasteiger partial charge in [-0.15, -0.1) is 22.7 Å². The first-order valence-corrected chi connectivity index (χ1v) is 11.9. The second-order valence-corrected chi connectivity index (χ2v) is 9.86. The zero-order valence-corrected chi connectivity index (χ0v) is 19.9. The number of hydrogen-bond acceptors (Lipinski definition) is 6. The number of rotatable bonds is 7. The SMILES string of the molecule is CN(C)CC(=O)Nc1c(C(=O)Cc2cccc(C(F)(F)F)c2)sc2nc(-c3cccs3)ccc12. The number of Topliss-reactive ketones (excluding diaryl/α,β-unsaturated/α-hetero) is 1. The maximum absolute atomic E-state index is 13.2. The highest BCUT2D eigenvalue weighted by Gasteiger charge is 2.30. The highest BCUT2D eigenvalue weighted by Crippen LogP contribution is 2.38. The molecule has 1 aromatic carbocycles. The largest absolute Gasteiger partial charge is 0.416 e. The molecule has 0 saturated carbocycles. The smallest absolute Gasteiger partial charge is 0.323 e. The topological polar surface area (TPSA) is 62.3 Å². The fraction of sp³-hybridized carbons (Fsp3) is 0.208. The molecule has 5 nitrogen and oxygen atoms in total. The van der Waals surface area contributed by atoms with Crippen molar-refractivity contribution in [2.75, 3.05) is 26.0 Å². The van der Waals surface area contributed by atoms with Gasteiger partial charge in [0.15, 0.2) is 5.78 Å². The summed E-state index contributed by atoms with van der Waals surface area (Å²) in [5, 5.41) is 5.37. The van der Waals surface area contributed by atoms with Gasteiger partial charge in [0.1, 0.15) is 4.83 Å². The first-order valence-electron chi connectivity index (χ1n) is 10.2. The van der Waals surface area contributed by atoms with E-state index in [1.807, 2.05) is 23.6 Å². The average molecular weight is 504 g/mol. The van der Waals surface area contributed by atoms with E-state index in [1.165, 1.54) is 23.5 Å². The lowest BCUT2D eigenvalue weighted by atomic mass is 10.0. The monoisotopic (exact) mass is 503 g/mol. The number of nitrogens with one attached hydrogen (secondary N) is 1. The summed E-state index contributed by atoms with van der Waals surface area (Å²) in [6.07, 6.45) is -4.73. The average Bonchev–Trinajstić information content (AvgIpc) is 3.41. The van der Waals surface area contributed by atoms with Crippen molar-refractivity contribution in [3.8, 4) is 10.6 Å². The number of amides is 1. The van der Waals surface area contributed by atoms with Gasteiger partial charge in [0.25, 0.3) is 0 Å². The van der Waals surface area contributed by atoms with Gasteiger partial charge in [-0.1, -0.05) is 24.3 Å². The van der Waals surface area contributed by atoms with E-state index in [0.717, 1.165) is 34.0 Å². The van der Waals surface area contributed by atoms with Gasteiger partial charge in [0, 0.05) is 11.8 Å². The first kappa shape index (κ1) is 24.1. The molecule has 34 heavy (non-hydrogen) atoms. The van der Waals surface area contributed by atoms with Crippen LogP contribution in [0.2, 0.25) is 0 Å². The Morgan fingerprint density at radius 2 is 1.88 bits per heavy atom. The molecule has 3 aromatic heterocycles. The number of carbonyl (C=O) groups excluding carboxylic acids is 2. The van der Waals surface area contributed by atoms with Crippen LogP contribution < -0.4 is 5.32 Å². The number of pyridine rings is 1. The summed E-state index contributed by atoms with van der Waals surface area (Å²) >= 11 is 2.66. The number of carbonyl (C=O) groups is 2. The van der Waals surface area contributed by atoms with Crippen molar-refractivity contribution in [1.29, 1.82) is 0 Å². The molecule has 0 radical (unpaired) electrons. The van der Waals surface area contributed by atoms with Crippen molar-refractivity contribution < 1.29 is 22.8 Å². The summed E-state index contributed by atoms with van der Waals surface area (Å²) in [6.45, 7) is 0.110. The minimum atomic E-state index is -4.50. The lowest BCUT2D eigenvalue weighted by Crippen LogP contribution is -2.27. The lowest BCUT2D eigenvalue weighted by Gasteiger charge is -2.11. The second-order valence-electron chi connectivity index (χ2n) is 7.92. The van der Waals surface area contributed by atoms with Crippen LogP contribution in [-0.4, -0.2) is 42.2 Å². The minimum Gasteiger partial charge on any atom is -0.323 e. The molecular weight excluding hydrogens is 483 g/mol. The number of nitrogens with zero attached hydrogens (tertiary/aromatic N) is 2. The Morgan fingerprint density at radius 1 is 1.09 bits per heavy atom. The number of ketones is 1. The third-order valence-electron chi connectivity index (χ3n) is 4.93. The quantitative estimate of drug-likeness (QED) is 0.316. The van der Waals surface area contributed by atoms with Crippen LogP contribution in [0.15, 0.2) is 53.9 Å². The molecule has 10 heteroatoms. The van der Waals surface area contributed by atoms with Gasteiger partial charge in [-0.25, -0.2) is 4.98 Å². The molecule has 0 aliphatic rings. The van der Waals surface area contributed by atoms with E-state index in [4.69, 9.17) is 0 Å². The lowest BCUT2D eigenvalue weighted by molar-refractivity contribution is -0.137. The van der Waals surface area contributed by atoms with Crippen molar-refractivity contribution in [2.24, 2.45) is 0 Å². The summed E-state index contributed by atoms with van der Waals surface area (Å²) in [5.41, 5.74) is 0.520. The van der Waals surface area contributed by atoms with Crippen molar-refractivity contribution >= 4 is 50.3 Å². The second kappa shape index (κ2) is 9.65. The van der Waals surface area contributed by atoms with Crippen LogP contribution in [0.4, 0.5) is 18.9 Å². The molecular formula is C24H20F3N3O2S2. The van der Waals surface area contributed by atoms with Gasteiger partial charge in [0.05, 0.1) is 33.2 Å². The summed E-state index contributed by atoms with van der Waals surface area (Å²) in [5.74, 6) is -0.694. The van der Waals surface area contributed by atoms with E-state index in [2.05, 4.69) is 10.3 Å². The molecule has 3 heterocycles. The Balaban J connectivity index is 1.72. The first-order chi connectivity index (χ1) is 16.1. The van der Waals surface area contributed by atoms with Crippen LogP contribution in [0.25, 0.3) is 20.8 Å². The normalized spacial score (nSPS) is 11.8. The van der Waals surface area contributed by atoms with E-state index in [-0.39, 0.29) is 35.1 Å². The molecule has 4 rings (SSSR count). The molecule has 4 aromatic rings. The van der Waals surface area contributed by atoms with Gasteiger partial charge in [-0.2, -0.15) is 13.2 Å².